The van der Waals surface area contributed by atoms with Crippen LogP contribution in [0.2, 0.25) is 0 Å². The summed E-state index contributed by atoms with van der Waals surface area (Å²) < 4.78 is 15.6. The Hall–Kier alpha value is -2.77. The molecule has 8 nitrogen and oxygen atoms in total. The van der Waals surface area contributed by atoms with Crippen molar-refractivity contribution in [2.24, 2.45) is 5.92 Å². The van der Waals surface area contributed by atoms with Crippen LogP contribution in [0.25, 0.3) is 0 Å². The first kappa shape index (κ1) is 26.8. The predicted octanol–water partition coefficient (Wildman–Crippen LogP) is 4.37. The van der Waals surface area contributed by atoms with E-state index in [2.05, 4.69) is 10.8 Å². The number of nitrogens with zero attached hydrogens (tertiary/aromatic N) is 2. The van der Waals surface area contributed by atoms with Gasteiger partial charge in [-0.05, 0) is 76.5 Å². The van der Waals surface area contributed by atoms with Crippen LogP contribution in [0.4, 0.5) is 4.79 Å². The van der Waals surface area contributed by atoms with Gasteiger partial charge < -0.3 is 24.0 Å². The summed E-state index contributed by atoms with van der Waals surface area (Å²) in [6, 6.07) is 7.76. The SMILES string of the molecule is COC(=O)COc1cccc(C2CCCN(C(=O)CCC3CCN(C(=O)OC(C)(C)C)CC3)C2)c1. The molecule has 0 aliphatic carbocycles. The van der Waals surface area contributed by atoms with Crippen LogP contribution in [-0.2, 0) is 19.1 Å². The Morgan fingerprint density at radius 3 is 2.46 bits per heavy atom. The van der Waals surface area contributed by atoms with Gasteiger partial charge >= 0.3 is 12.1 Å². The Balaban J connectivity index is 1.44. The maximum atomic E-state index is 13.0. The fourth-order valence-electron chi connectivity index (χ4n) is 4.75. The lowest BCUT2D eigenvalue weighted by molar-refractivity contribution is -0.143. The van der Waals surface area contributed by atoms with E-state index in [9.17, 15) is 14.4 Å². The minimum Gasteiger partial charge on any atom is -0.482 e. The van der Waals surface area contributed by atoms with Crippen molar-refractivity contribution in [1.29, 1.82) is 0 Å². The molecule has 2 aliphatic rings. The van der Waals surface area contributed by atoms with E-state index in [4.69, 9.17) is 9.47 Å². The standard InChI is InChI=1S/C27H40N2O6/c1-27(2,3)35-26(32)28-15-12-20(13-16-28)10-11-24(30)29-14-6-8-22(18-29)21-7-5-9-23(17-21)34-19-25(31)33-4/h5,7,9,17,20,22H,6,8,10-16,18-19H2,1-4H3. The molecule has 0 N–H and O–H groups in total. The zero-order chi connectivity index (χ0) is 25.4. The van der Waals surface area contributed by atoms with Gasteiger partial charge in [-0.3, -0.25) is 4.79 Å². The molecule has 2 aliphatic heterocycles. The van der Waals surface area contributed by atoms with Crippen molar-refractivity contribution in [3.8, 4) is 5.75 Å². The number of likely N-dealkylation sites (tertiary alicyclic amines) is 2. The van der Waals surface area contributed by atoms with Crippen molar-refractivity contribution >= 4 is 18.0 Å². The third-order valence-electron chi connectivity index (χ3n) is 6.72. The summed E-state index contributed by atoms with van der Waals surface area (Å²) in [6.07, 6.45) is 4.98. The first-order chi connectivity index (χ1) is 16.6. The lowest BCUT2D eigenvalue weighted by Gasteiger charge is -2.35. The van der Waals surface area contributed by atoms with Gasteiger partial charge in [-0.15, -0.1) is 0 Å². The van der Waals surface area contributed by atoms with Crippen LogP contribution >= 0.6 is 0 Å². The summed E-state index contributed by atoms with van der Waals surface area (Å²) in [5, 5.41) is 0. The highest BCUT2D eigenvalue weighted by atomic mass is 16.6. The van der Waals surface area contributed by atoms with Gasteiger partial charge in [0.15, 0.2) is 6.61 Å². The second-order valence-corrected chi connectivity index (χ2v) is 10.6. The number of methoxy groups -OCH3 is 1. The predicted molar refractivity (Wildman–Crippen MR) is 132 cm³/mol. The molecular weight excluding hydrogens is 448 g/mol. The van der Waals surface area contributed by atoms with E-state index in [1.807, 2.05) is 43.9 Å². The van der Waals surface area contributed by atoms with Gasteiger partial charge in [-0.2, -0.15) is 0 Å². The van der Waals surface area contributed by atoms with E-state index in [0.29, 0.717) is 37.7 Å². The first-order valence-corrected chi connectivity index (χ1v) is 12.7. The molecule has 0 spiro atoms. The van der Waals surface area contributed by atoms with E-state index in [-0.39, 0.29) is 24.5 Å². The summed E-state index contributed by atoms with van der Waals surface area (Å²) in [7, 11) is 1.34. The zero-order valence-electron chi connectivity index (χ0n) is 21.6. The summed E-state index contributed by atoms with van der Waals surface area (Å²) in [4.78, 5) is 40.4. The lowest BCUT2D eigenvalue weighted by atomic mass is 9.89. The molecule has 35 heavy (non-hydrogen) atoms. The Morgan fingerprint density at radius 1 is 1.03 bits per heavy atom. The Bertz CT molecular complexity index is 873. The fourth-order valence-corrected chi connectivity index (χ4v) is 4.75. The summed E-state index contributed by atoms with van der Waals surface area (Å²) in [6.45, 7) is 8.40. The molecule has 1 unspecified atom stereocenters. The molecule has 2 heterocycles. The number of carbonyl (C=O) groups excluding carboxylic acids is 3. The number of hydrogen-bond donors (Lipinski definition) is 0. The largest absolute Gasteiger partial charge is 0.482 e. The van der Waals surface area contributed by atoms with E-state index >= 15 is 0 Å². The van der Waals surface area contributed by atoms with Crippen LogP contribution in [0, 0.1) is 5.92 Å². The number of esters is 1. The van der Waals surface area contributed by atoms with E-state index in [1.165, 1.54) is 7.11 Å². The molecule has 2 fully saturated rings. The molecule has 3 rings (SSSR count). The van der Waals surface area contributed by atoms with Crippen LogP contribution in [0.15, 0.2) is 24.3 Å². The van der Waals surface area contributed by atoms with Crippen LogP contribution in [0.3, 0.4) is 0 Å². The maximum absolute atomic E-state index is 13.0. The van der Waals surface area contributed by atoms with Crippen molar-refractivity contribution in [2.45, 2.75) is 70.8 Å². The highest BCUT2D eigenvalue weighted by Crippen LogP contribution is 2.30. The normalized spacial score (nSPS) is 19.3. The Kier molecular flexibility index (Phi) is 9.40. The molecule has 1 aromatic rings. The lowest BCUT2D eigenvalue weighted by Crippen LogP contribution is -2.42. The highest BCUT2D eigenvalue weighted by Gasteiger charge is 2.29. The minimum atomic E-state index is -0.482. The molecule has 2 amide bonds. The maximum Gasteiger partial charge on any atom is 0.410 e. The highest BCUT2D eigenvalue weighted by molar-refractivity contribution is 5.76. The van der Waals surface area contributed by atoms with Gasteiger partial charge in [-0.25, -0.2) is 9.59 Å². The topological polar surface area (TPSA) is 85.4 Å². The van der Waals surface area contributed by atoms with Gasteiger partial charge in [0.1, 0.15) is 11.4 Å². The molecule has 0 aromatic heterocycles. The molecule has 8 heteroatoms. The van der Waals surface area contributed by atoms with Crippen molar-refractivity contribution in [3.63, 3.8) is 0 Å². The number of carbonyl (C=O) groups is 3. The zero-order valence-corrected chi connectivity index (χ0v) is 21.6. The quantitative estimate of drug-likeness (QED) is 0.530. The number of ether oxygens (including phenoxy) is 3. The third-order valence-corrected chi connectivity index (χ3v) is 6.72. The molecule has 194 valence electrons. The molecule has 2 saturated heterocycles. The molecular formula is C27H40N2O6. The van der Waals surface area contributed by atoms with Crippen molar-refractivity contribution in [3.05, 3.63) is 29.8 Å². The first-order valence-electron chi connectivity index (χ1n) is 12.7. The van der Waals surface area contributed by atoms with Crippen molar-refractivity contribution < 1.29 is 28.6 Å². The number of amides is 2. The average molecular weight is 489 g/mol. The van der Waals surface area contributed by atoms with Crippen LogP contribution < -0.4 is 4.74 Å². The van der Waals surface area contributed by atoms with Crippen LogP contribution in [0.5, 0.6) is 5.75 Å². The molecule has 1 atom stereocenters. The summed E-state index contributed by atoms with van der Waals surface area (Å²) in [5.41, 5.74) is 0.642. The van der Waals surface area contributed by atoms with E-state index in [1.54, 1.807) is 4.90 Å². The van der Waals surface area contributed by atoms with E-state index in [0.717, 1.165) is 44.2 Å². The minimum absolute atomic E-state index is 0.119. The second kappa shape index (κ2) is 12.3. The number of piperidine rings is 2. The summed E-state index contributed by atoms with van der Waals surface area (Å²) >= 11 is 0. The van der Waals surface area contributed by atoms with Gasteiger partial charge in [0, 0.05) is 38.5 Å². The second-order valence-electron chi connectivity index (χ2n) is 10.6. The number of rotatable bonds is 7. The number of hydrogen-bond acceptors (Lipinski definition) is 6. The molecule has 0 radical (unpaired) electrons. The third kappa shape index (κ3) is 8.44. The van der Waals surface area contributed by atoms with Crippen molar-refractivity contribution in [2.75, 3.05) is 39.9 Å². The summed E-state index contributed by atoms with van der Waals surface area (Å²) in [5.74, 6) is 1.14. The van der Waals surface area contributed by atoms with Crippen molar-refractivity contribution in [1.82, 2.24) is 9.80 Å². The molecule has 0 saturated carbocycles. The fraction of sp³-hybridized carbons (Fsp3) is 0.667. The average Bonchev–Trinajstić information content (AvgIpc) is 2.85. The van der Waals surface area contributed by atoms with Crippen LogP contribution in [0.1, 0.15) is 70.8 Å². The van der Waals surface area contributed by atoms with E-state index < -0.39 is 11.6 Å². The smallest absolute Gasteiger partial charge is 0.410 e. The van der Waals surface area contributed by atoms with Crippen LogP contribution in [-0.4, -0.2) is 73.3 Å². The van der Waals surface area contributed by atoms with Gasteiger partial charge in [0.2, 0.25) is 5.91 Å². The molecule has 0 bridgehead atoms. The Morgan fingerprint density at radius 2 is 1.77 bits per heavy atom. The van der Waals surface area contributed by atoms with Gasteiger partial charge in [0.25, 0.3) is 0 Å². The Labute approximate surface area is 208 Å². The number of benzene rings is 1. The monoisotopic (exact) mass is 488 g/mol. The van der Waals surface area contributed by atoms with Gasteiger partial charge in [-0.1, -0.05) is 12.1 Å². The molecule has 1 aromatic carbocycles. The van der Waals surface area contributed by atoms with Gasteiger partial charge in [0.05, 0.1) is 7.11 Å².